The zero-order valence-corrected chi connectivity index (χ0v) is 33.3. The number of halogens is 4. The van der Waals surface area contributed by atoms with Crippen LogP contribution < -0.4 is 10.6 Å². The molecule has 0 unspecified atom stereocenters. The summed E-state index contributed by atoms with van der Waals surface area (Å²) in [6.07, 6.45) is 0.294. The van der Waals surface area contributed by atoms with Crippen molar-refractivity contribution in [3.05, 3.63) is 109 Å². The molecule has 0 fully saturated rings. The minimum absolute atomic E-state index is 0.0380. The lowest BCUT2D eigenvalue weighted by Crippen LogP contribution is -2.30. The Morgan fingerprint density at radius 3 is 1.62 bits per heavy atom. The fraction of sp³-hybridized carbons (Fsp3) is 0.158. The van der Waals surface area contributed by atoms with Gasteiger partial charge in [0.15, 0.2) is 28.1 Å². The number of nitrogens with zero attached hydrogens (tertiary/aromatic N) is 4. The number of aromatic nitrogens is 4. The van der Waals surface area contributed by atoms with Crippen LogP contribution in [0.3, 0.4) is 0 Å². The van der Waals surface area contributed by atoms with Crippen molar-refractivity contribution in [1.29, 1.82) is 0 Å². The smallest absolute Gasteiger partial charge is 0.298 e. The van der Waals surface area contributed by atoms with Gasteiger partial charge in [0.05, 0.1) is 21.4 Å². The maximum absolute atomic E-state index is 13.7. The van der Waals surface area contributed by atoms with Crippen LogP contribution in [0.5, 0.6) is 0 Å². The summed E-state index contributed by atoms with van der Waals surface area (Å²) in [6, 6.07) is 16.6. The molecule has 4 heterocycles. The first kappa shape index (κ1) is 37.8. The quantitative estimate of drug-likeness (QED) is 0.0945. The Kier molecular flexibility index (Phi) is 9.54. The molecule has 8 rings (SSSR count). The van der Waals surface area contributed by atoms with E-state index in [0.717, 1.165) is 16.5 Å². The second-order valence-electron chi connectivity index (χ2n) is 13.1. The van der Waals surface area contributed by atoms with E-state index in [2.05, 4.69) is 20.8 Å². The number of hydrogen-bond acceptors (Lipinski definition) is 8. The number of fused-ring (bicyclic) bond motifs is 6. The molecular formula is C38H28Cl4N6O7S. The van der Waals surface area contributed by atoms with Crippen LogP contribution in [-0.2, 0) is 10.1 Å². The molecule has 0 bridgehead atoms. The molecule has 0 saturated heterocycles. The van der Waals surface area contributed by atoms with E-state index in [4.69, 9.17) is 55.2 Å². The molecule has 0 radical (unpaired) electrons. The molecular weight excluding hydrogens is 826 g/mol. The van der Waals surface area contributed by atoms with Gasteiger partial charge in [-0.1, -0.05) is 58.5 Å². The predicted molar refractivity (Wildman–Crippen MR) is 215 cm³/mol. The third-order valence-corrected chi connectivity index (χ3v) is 11.6. The molecule has 8 aromatic rings. The minimum Gasteiger partial charge on any atom is -0.451 e. The van der Waals surface area contributed by atoms with E-state index in [1.165, 1.54) is 23.7 Å². The number of benzene rings is 4. The van der Waals surface area contributed by atoms with Gasteiger partial charge in [0.2, 0.25) is 0 Å². The Hall–Kier alpha value is -5.09. The highest BCUT2D eigenvalue weighted by molar-refractivity contribution is 7.86. The van der Waals surface area contributed by atoms with E-state index in [1.54, 1.807) is 41.1 Å². The summed E-state index contributed by atoms with van der Waals surface area (Å²) in [5.41, 5.74) is 4.42. The Labute approximate surface area is 337 Å². The monoisotopic (exact) mass is 852 g/mol. The van der Waals surface area contributed by atoms with Gasteiger partial charge >= 0.3 is 0 Å². The van der Waals surface area contributed by atoms with Crippen LogP contribution in [0.15, 0.2) is 74.4 Å². The van der Waals surface area contributed by atoms with Crippen LogP contribution in [0.2, 0.25) is 20.1 Å². The lowest BCUT2D eigenvalue weighted by Gasteiger charge is -2.08. The SMILES string of the molecule is Cc1ccc2c(oc3c(C(=O)NCCCNC(=O)c4nn(-c5ccc(Cl)cc5Cl)c5c4oc4c(S(=O)(=O)O)c(C)ccc45)nn(-c4ccc(Cl)cc4Cl)c32)c1C. The van der Waals surface area contributed by atoms with Gasteiger partial charge < -0.3 is 19.5 Å². The van der Waals surface area contributed by atoms with E-state index in [1.807, 2.05) is 26.0 Å². The zero-order valence-electron chi connectivity index (χ0n) is 29.5. The van der Waals surface area contributed by atoms with E-state index in [-0.39, 0.29) is 62.7 Å². The number of furan rings is 2. The van der Waals surface area contributed by atoms with Crippen molar-refractivity contribution in [3.63, 3.8) is 0 Å². The number of carbonyl (C=O) groups excluding carboxylic acids is 2. The molecule has 0 aliphatic heterocycles. The van der Waals surface area contributed by atoms with E-state index in [0.29, 0.717) is 44.0 Å². The first-order chi connectivity index (χ1) is 26.6. The van der Waals surface area contributed by atoms with Crippen molar-refractivity contribution >= 4 is 112 Å². The van der Waals surface area contributed by atoms with Gasteiger partial charge in [0.25, 0.3) is 21.9 Å². The van der Waals surface area contributed by atoms with Crippen LogP contribution >= 0.6 is 46.4 Å². The summed E-state index contributed by atoms with van der Waals surface area (Å²) in [5, 5.41) is 17.1. The highest BCUT2D eigenvalue weighted by atomic mass is 35.5. The Bertz CT molecular complexity index is 3080. The first-order valence-corrected chi connectivity index (χ1v) is 19.9. The molecule has 0 aliphatic carbocycles. The third kappa shape index (κ3) is 6.36. The third-order valence-electron chi connectivity index (χ3n) is 9.48. The minimum atomic E-state index is -4.72. The largest absolute Gasteiger partial charge is 0.451 e. The van der Waals surface area contributed by atoms with Crippen LogP contribution in [0.4, 0.5) is 0 Å². The van der Waals surface area contributed by atoms with E-state index in [9.17, 15) is 22.6 Å². The standard InChI is InChI=1S/C38H28Cl4N6O7S/c1-17-5-9-22-30-34(54-32(22)19(17)3)28(45-47(30)26-11-7-20(39)15-24(26)41)37(49)43-13-4-14-44-38(50)29-35-31(48(46-29)27-12-8-21(40)16-25(27)42)23-10-6-18(2)36(33(23)55-35)56(51,52)53/h5-12,15-16H,4,13-14H2,1-3H3,(H,43,49)(H,44,50)(H,51,52,53). The van der Waals surface area contributed by atoms with Gasteiger partial charge in [-0.25, -0.2) is 9.36 Å². The average Bonchev–Trinajstić information content (AvgIpc) is 3.88. The summed E-state index contributed by atoms with van der Waals surface area (Å²) in [6.45, 7) is 5.65. The normalized spacial score (nSPS) is 12.1. The van der Waals surface area contributed by atoms with Crippen LogP contribution in [0.1, 0.15) is 44.1 Å². The maximum Gasteiger partial charge on any atom is 0.298 e. The van der Waals surface area contributed by atoms with Crippen LogP contribution in [0, 0.1) is 20.8 Å². The predicted octanol–water partition coefficient (Wildman–Crippen LogP) is 9.19. The fourth-order valence-electron chi connectivity index (χ4n) is 6.67. The van der Waals surface area contributed by atoms with Gasteiger partial charge in [0.1, 0.15) is 21.5 Å². The topological polar surface area (TPSA) is 174 Å². The van der Waals surface area contributed by atoms with Crippen molar-refractivity contribution in [2.45, 2.75) is 32.1 Å². The number of nitrogens with one attached hydrogen (secondary N) is 2. The van der Waals surface area contributed by atoms with Crippen molar-refractivity contribution in [2.24, 2.45) is 0 Å². The molecule has 56 heavy (non-hydrogen) atoms. The second kappa shape index (κ2) is 14.1. The molecule has 13 nitrogen and oxygen atoms in total. The second-order valence-corrected chi connectivity index (χ2v) is 16.1. The average molecular weight is 855 g/mol. The maximum atomic E-state index is 13.7. The lowest BCUT2D eigenvalue weighted by atomic mass is 10.1. The number of carbonyl (C=O) groups is 2. The van der Waals surface area contributed by atoms with Gasteiger partial charge in [-0.15, -0.1) is 0 Å². The molecule has 0 saturated carbocycles. The van der Waals surface area contributed by atoms with Crippen molar-refractivity contribution in [2.75, 3.05) is 13.1 Å². The number of aryl methyl sites for hydroxylation is 3. The van der Waals surface area contributed by atoms with Gasteiger partial charge in [-0.3, -0.25) is 14.1 Å². The summed E-state index contributed by atoms with van der Waals surface area (Å²) < 4.78 is 50.1. The van der Waals surface area contributed by atoms with Gasteiger partial charge in [0, 0.05) is 33.9 Å². The Balaban J connectivity index is 1.06. The summed E-state index contributed by atoms with van der Waals surface area (Å²) in [7, 11) is -4.72. The van der Waals surface area contributed by atoms with Crippen LogP contribution in [0.25, 0.3) is 55.5 Å². The van der Waals surface area contributed by atoms with Crippen molar-refractivity contribution in [3.8, 4) is 11.4 Å². The number of rotatable bonds is 9. The molecule has 4 aromatic carbocycles. The molecule has 0 aliphatic rings. The Morgan fingerprint density at radius 1 is 0.679 bits per heavy atom. The number of hydrogen-bond donors (Lipinski definition) is 3. The summed E-state index contributed by atoms with van der Waals surface area (Å²) in [4.78, 5) is 26.9. The van der Waals surface area contributed by atoms with Gasteiger partial charge in [-0.2, -0.15) is 18.6 Å². The summed E-state index contributed by atoms with van der Waals surface area (Å²) >= 11 is 25.4. The Morgan fingerprint density at radius 2 is 1.14 bits per heavy atom. The zero-order chi connectivity index (χ0) is 39.8. The highest BCUT2D eigenvalue weighted by Gasteiger charge is 2.30. The molecule has 2 amide bonds. The van der Waals surface area contributed by atoms with E-state index >= 15 is 0 Å². The highest BCUT2D eigenvalue weighted by Crippen LogP contribution is 2.40. The molecule has 18 heteroatoms. The molecule has 286 valence electrons. The lowest BCUT2D eigenvalue weighted by molar-refractivity contribution is 0.0947. The van der Waals surface area contributed by atoms with Crippen molar-refractivity contribution < 1.29 is 31.4 Å². The first-order valence-electron chi connectivity index (χ1n) is 16.9. The molecule has 4 aromatic heterocycles. The molecule has 0 atom stereocenters. The van der Waals surface area contributed by atoms with Crippen LogP contribution in [-0.4, -0.2) is 57.4 Å². The molecule has 3 N–H and O–H groups in total. The van der Waals surface area contributed by atoms with Crippen molar-refractivity contribution in [1.82, 2.24) is 30.2 Å². The summed E-state index contributed by atoms with van der Waals surface area (Å²) in [5.74, 6) is -1.16. The van der Waals surface area contributed by atoms with E-state index < -0.39 is 26.8 Å². The fourth-order valence-corrected chi connectivity index (χ4v) is 8.50. The number of amides is 2. The molecule has 0 spiro atoms. The van der Waals surface area contributed by atoms with Gasteiger partial charge in [-0.05, 0) is 92.4 Å².